The van der Waals surface area contributed by atoms with Crippen LogP contribution < -0.4 is 0 Å². The summed E-state index contributed by atoms with van der Waals surface area (Å²) in [4.78, 5) is 0. The van der Waals surface area contributed by atoms with Gasteiger partial charge < -0.3 is 4.42 Å². The van der Waals surface area contributed by atoms with E-state index in [1.54, 1.807) is 0 Å². The van der Waals surface area contributed by atoms with Crippen LogP contribution in [0.25, 0.3) is 131 Å². The molecule has 0 unspecified atom stereocenters. The van der Waals surface area contributed by atoms with Crippen molar-refractivity contribution in [3.8, 4) is 44.5 Å². The Labute approximate surface area is 352 Å². The Morgan fingerprint density at radius 1 is 0.230 bits per heavy atom. The summed E-state index contributed by atoms with van der Waals surface area (Å²) in [6.45, 7) is 0. The van der Waals surface area contributed by atoms with E-state index in [-0.39, 0.29) is 0 Å². The molecule has 0 amide bonds. The summed E-state index contributed by atoms with van der Waals surface area (Å²) in [5.41, 5.74) is 11.4. The lowest BCUT2D eigenvalue weighted by Gasteiger charge is -2.18. The van der Waals surface area contributed by atoms with E-state index in [9.17, 15) is 0 Å². The highest BCUT2D eigenvalue weighted by Gasteiger charge is 2.22. The van der Waals surface area contributed by atoms with Crippen LogP contribution in [0.4, 0.5) is 0 Å². The zero-order chi connectivity index (χ0) is 40.0. The van der Waals surface area contributed by atoms with Gasteiger partial charge in [0.1, 0.15) is 11.2 Å². The van der Waals surface area contributed by atoms with E-state index in [0.717, 1.165) is 33.1 Å². The lowest BCUT2D eigenvalue weighted by Crippen LogP contribution is -1.91. The first-order chi connectivity index (χ1) is 30.3. The number of fused-ring (bicyclic) bond motifs is 9. The molecule has 0 saturated heterocycles. The van der Waals surface area contributed by atoms with Gasteiger partial charge in [0, 0.05) is 21.9 Å². The molecule has 1 heteroatoms. The van der Waals surface area contributed by atoms with Gasteiger partial charge in [0.2, 0.25) is 0 Å². The Kier molecular flexibility index (Phi) is 7.37. The molecule has 0 spiro atoms. The van der Waals surface area contributed by atoms with E-state index >= 15 is 0 Å². The molecule has 13 aromatic rings. The SMILES string of the molecule is c1ccc2cc(-c3c4ccccc4c(-c4ccc5c(c4)oc4c(-c6c7ccccc7c(-c7ccc8ccccc8c7)c7ccccc67)cccc45)c4ccccc34)ccc2c1. The maximum absolute atomic E-state index is 7.12. The third kappa shape index (κ3) is 5.14. The molecule has 0 N–H and O–H groups in total. The first-order valence-corrected chi connectivity index (χ1v) is 21.1. The van der Waals surface area contributed by atoms with Gasteiger partial charge in [-0.3, -0.25) is 0 Å². The molecule has 1 heterocycles. The fraction of sp³-hybridized carbons (Fsp3) is 0. The van der Waals surface area contributed by atoms with Crippen LogP contribution in [-0.4, -0.2) is 0 Å². The van der Waals surface area contributed by atoms with Crippen molar-refractivity contribution in [1.29, 1.82) is 0 Å². The Morgan fingerprint density at radius 3 is 1.05 bits per heavy atom. The fourth-order valence-corrected chi connectivity index (χ4v) is 10.3. The van der Waals surface area contributed by atoms with Crippen molar-refractivity contribution in [3.05, 3.63) is 218 Å². The van der Waals surface area contributed by atoms with Gasteiger partial charge in [-0.2, -0.15) is 0 Å². The molecule has 1 aromatic heterocycles. The van der Waals surface area contributed by atoms with Gasteiger partial charge in [-0.05, 0) is 122 Å². The number of benzene rings is 12. The van der Waals surface area contributed by atoms with Crippen LogP contribution in [0.1, 0.15) is 0 Å². The first-order valence-electron chi connectivity index (χ1n) is 21.1. The normalized spacial score (nSPS) is 11.9. The van der Waals surface area contributed by atoms with E-state index in [1.165, 1.54) is 98.0 Å². The second kappa shape index (κ2) is 13.3. The maximum Gasteiger partial charge on any atom is 0.143 e. The van der Waals surface area contributed by atoms with Gasteiger partial charge in [-0.25, -0.2) is 0 Å². The van der Waals surface area contributed by atoms with Gasteiger partial charge in [0.25, 0.3) is 0 Å². The lowest BCUT2D eigenvalue weighted by atomic mass is 9.85. The Balaban J connectivity index is 1.03. The van der Waals surface area contributed by atoms with Crippen LogP contribution in [0.2, 0.25) is 0 Å². The third-order valence-corrected chi connectivity index (χ3v) is 13.0. The standard InChI is InChI=1S/C60H36O/c1-3-16-39-34-41(30-28-37(39)14-1)56-45-18-5-7-20-47(45)58(48-21-8-6-19-46(48)56)43-32-33-44-53-26-13-27-54(60(53)61-55(44)36-43)59-51-24-11-9-22-49(51)57(50-23-10-12-25-52(50)59)42-31-29-38-15-2-4-17-40(38)35-42/h1-36H. The van der Waals surface area contributed by atoms with Gasteiger partial charge in [0.05, 0.1) is 0 Å². The van der Waals surface area contributed by atoms with Gasteiger partial charge in [-0.15, -0.1) is 0 Å². The van der Waals surface area contributed by atoms with Crippen molar-refractivity contribution in [1.82, 2.24) is 0 Å². The molecule has 13 rings (SSSR count). The Hall–Kier alpha value is -8.00. The first kappa shape index (κ1) is 33.9. The summed E-state index contributed by atoms with van der Waals surface area (Å²) in [5, 5.41) is 17.0. The molecule has 12 aromatic carbocycles. The summed E-state index contributed by atoms with van der Waals surface area (Å²) < 4.78 is 7.12. The predicted molar refractivity (Wildman–Crippen MR) is 260 cm³/mol. The minimum absolute atomic E-state index is 0.883. The lowest BCUT2D eigenvalue weighted by molar-refractivity contribution is 0.670. The van der Waals surface area contributed by atoms with Crippen LogP contribution in [0, 0.1) is 0 Å². The van der Waals surface area contributed by atoms with E-state index in [4.69, 9.17) is 4.42 Å². The number of rotatable bonds is 4. The van der Waals surface area contributed by atoms with Crippen molar-refractivity contribution in [2.75, 3.05) is 0 Å². The molecule has 0 aliphatic rings. The molecule has 282 valence electrons. The molecular formula is C60H36O. The summed E-state index contributed by atoms with van der Waals surface area (Å²) in [6.07, 6.45) is 0. The predicted octanol–water partition coefficient (Wildman–Crippen LogP) is 17.2. The smallest absolute Gasteiger partial charge is 0.143 e. The number of hydrogen-bond acceptors (Lipinski definition) is 1. The number of hydrogen-bond donors (Lipinski definition) is 0. The average molecular weight is 773 g/mol. The quantitative estimate of drug-likeness (QED) is 0.162. The second-order valence-corrected chi connectivity index (χ2v) is 16.3. The van der Waals surface area contributed by atoms with E-state index in [0.29, 0.717) is 0 Å². The molecule has 0 saturated carbocycles. The van der Waals surface area contributed by atoms with Crippen molar-refractivity contribution in [2.24, 2.45) is 0 Å². The minimum atomic E-state index is 0.883. The van der Waals surface area contributed by atoms with Crippen LogP contribution in [-0.2, 0) is 0 Å². The molecule has 0 fully saturated rings. The molecule has 0 radical (unpaired) electrons. The van der Waals surface area contributed by atoms with Crippen molar-refractivity contribution in [2.45, 2.75) is 0 Å². The van der Waals surface area contributed by atoms with Crippen LogP contribution in [0.5, 0.6) is 0 Å². The highest BCUT2D eigenvalue weighted by molar-refractivity contribution is 6.26. The highest BCUT2D eigenvalue weighted by Crippen LogP contribution is 2.49. The molecule has 1 nitrogen and oxygen atoms in total. The summed E-state index contributed by atoms with van der Waals surface area (Å²) in [7, 11) is 0. The van der Waals surface area contributed by atoms with Crippen LogP contribution >= 0.6 is 0 Å². The van der Waals surface area contributed by atoms with Crippen molar-refractivity contribution >= 4 is 86.6 Å². The minimum Gasteiger partial charge on any atom is -0.455 e. The molecule has 0 aliphatic carbocycles. The molecule has 61 heavy (non-hydrogen) atoms. The Bertz CT molecular complexity index is 3830. The summed E-state index contributed by atoms with van der Waals surface area (Å²) in [6, 6.07) is 79.9. The molecule has 0 aliphatic heterocycles. The van der Waals surface area contributed by atoms with Gasteiger partial charge in [0.15, 0.2) is 0 Å². The van der Waals surface area contributed by atoms with Gasteiger partial charge in [-0.1, -0.05) is 194 Å². The fourth-order valence-electron chi connectivity index (χ4n) is 10.3. The highest BCUT2D eigenvalue weighted by atomic mass is 16.3. The maximum atomic E-state index is 7.12. The third-order valence-electron chi connectivity index (χ3n) is 13.0. The van der Waals surface area contributed by atoms with E-state index in [1.807, 2.05) is 0 Å². The van der Waals surface area contributed by atoms with Crippen molar-refractivity contribution in [3.63, 3.8) is 0 Å². The largest absolute Gasteiger partial charge is 0.455 e. The van der Waals surface area contributed by atoms with E-state index < -0.39 is 0 Å². The second-order valence-electron chi connectivity index (χ2n) is 16.3. The van der Waals surface area contributed by atoms with Crippen molar-refractivity contribution < 1.29 is 4.42 Å². The topological polar surface area (TPSA) is 13.1 Å². The van der Waals surface area contributed by atoms with Gasteiger partial charge >= 0.3 is 0 Å². The monoisotopic (exact) mass is 772 g/mol. The zero-order valence-corrected chi connectivity index (χ0v) is 33.2. The molecular weight excluding hydrogens is 737 g/mol. The van der Waals surface area contributed by atoms with E-state index in [2.05, 4.69) is 218 Å². The van der Waals surface area contributed by atoms with Crippen LogP contribution in [0.15, 0.2) is 223 Å². The zero-order valence-electron chi connectivity index (χ0n) is 33.2. The molecule has 0 bridgehead atoms. The number of para-hydroxylation sites is 1. The Morgan fingerprint density at radius 2 is 0.590 bits per heavy atom. The molecule has 0 atom stereocenters. The summed E-state index contributed by atoms with van der Waals surface area (Å²) >= 11 is 0. The summed E-state index contributed by atoms with van der Waals surface area (Å²) in [5.74, 6) is 0. The average Bonchev–Trinajstić information content (AvgIpc) is 3.70. The van der Waals surface area contributed by atoms with Crippen LogP contribution in [0.3, 0.4) is 0 Å². The number of furan rings is 1.